The molecule has 0 bridgehead atoms. The van der Waals surface area contributed by atoms with E-state index in [2.05, 4.69) is 20.8 Å². The number of piperidine rings is 1. The van der Waals surface area contributed by atoms with Gasteiger partial charge in [0.05, 0.1) is 37.4 Å². The quantitative estimate of drug-likeness (QED) is 0.404. The Morgan fingerprint density at radius 1 is 1.25 bits per heavy atom. The molecule has 1 aliphatic heterocycles. The average Bonchev–Trinajstić information content (AvgIpc) is 3.18. The third-order valence-corrected chi connectivity index (χ3v) is 8.69. The van der Waals surface area contributed by atoms with Gasteiger partial charge in [-0.2, -0.15) is 0 Å². The first-order valence-corrected chi connectivity index (χ1v) is 13.5. The van der Waals surface area contributed by atoms with Crippen LogP contribution >= 0.6 is 23.1 Å². The van der Waals surface area contributed by atoms with E-state index in [1.165, 1.54) is 34.4 Å². The zero-order chi connectivity index (χ0) is 22.7. The topological polar surface area (TPSA) is 59.6 Å². The SMILES string of the molecule is CC[NH+](CC)CCn1c(SCC(=O)N2CCCCC2C)nc2c(sc3ccccc32)c1=O. The summed E-state index contributed by atoms with van der Waals surface area (Å²) in [5.41, 5.74) is 0.785. The first-order valence-electron chi connectivity index (χ1n) is 11.7. The van der Waals surface area contributed by atoms with E-state index in [0.29, 0.717) is 28.2 Å². The van der Waals surface area contributed by atoms with Crippen molar-refractivity contribution in [1.29, 1.82) is 0 Å². The molecule has 2 aromatic heterocycles. The Bertz CT molecular complexity index is 1150. The molecule has 1 saturated heterocycles. The fraction of sp³-hybridized carbons (Fsp3) is 0.542. The van der Waals surface area contributed by atoms with Crippen molar-refractivity contribution in [3.63, 3.8) is 0 Å². The number of fused-ring (bicyclic) bond motifs is 3. The number of benzene rings is 1. The van der Waals surface area contributed by atoms with Crippen molar-refractivity contribution >= 4 is 49.3 Å². The van der Waals surface area contributed by atoms with Crippen LogP contribution in [0.1, 0.15) is 40.0 Å². The molecule has 3 aromatic rings. The summed E-state index contributed by atoms with van der Waals surface area (Å²) in [6, 6.07) is 8.34. The number of rotatable bonds is 8. The molecule has 8 heteroatoms. The molecule has 1 N–H and O–H groups in total. The van der Waals surface area contributed by atoms with E-state index in [0.717, 1.165) is 54.6 Å². The fourth-order valence-corrected chi connectivity index (χ4v) is 6.51. The molecule has 1 amide bonds. The van der Waals surface area contributed by atoms with E-state index >= 15 is 0 Å². The first-order chi connectivity index (χ1) is 15.5. The minimum Gasteiger partial charge on any atom is -0.339 e. The number of thioether (sulfide) groups is 1. The molecule has 6 nitrogen and oxygen atoms in total. The number of hydrogen-bond acceptors (Lipinski definition) is 5. The van der Waals surface area contributed by atoms with Gasteiger partial charge in [-0.3, -0.25) is 14.2 Å². The Hall–Kier alpha value is -1.90. The molecule has 4 rings (SSSR count). The van der Waals surface area contributed by atoms with Gasteiger partial charge in [-0.25, -0.2) is 4.98 Å². The van der Waals surface area contributed by atoms with Crippen LogP contribution in [0.2, 0.25) is 0 Å². The molecule has 172 valence electrons. The summed E-state index contributed by atoms with van der Waals surface area (Å²) in [7, 11) is 0. The van der Waals surface area contributed by atoms with Crippen LogP contribution in [0.4, 0.5) is 0 Å². The Morgan fingerprint density at radius 2 is 2.03 bits per heavy atom. The van der Waals surface area contributed by atoms with E-state index in [9.17, 15) is 9.59 Å². The second-order valence-corrected chi connectivity index (χ2v) is 10.5. The van der Waals surface area contributed by atoms with Crippen molar-refractivity contribution in [3.05, 3.63) is 34.6 Å². The number of likely N-dealkylation sites (N-methyl/N-ethyl adjacent to an activating group) is 1. The van der Waals surface area contributed by atoms with Crippen LogP contribution in [0.15, 0.2) is 34.2 Å². The smallest absolute Gasteiger partial charge is 0.272 e. The lowest BCUT2D eigenvalue weighted by Crippen LogP contribution is -3.11. The normalized spacial score (nSPS) is 17.0. The van der Waals surface area contributed by atoms with E-state index in [1.807, 2.05) is 29.2 Å². The van der Waals surface area contributed by atoms with Crippen LogP contribution in [0.3, 0.4) is 0 Å². The van der Waals surface area contributed by atoms with Crippen LogP contribution in [-0.4, -0.2) is 58.3 Å². The van der Waals surface area contributed by atoms with Crippen LogP contribution in [0.5, 0.6) is 0 Å². The number of nitrogens with zero attached hydrogens (tertiary/aromatic N) is 3. The second-order valence-electron chi connectivity index (χ2n) is 8.55. The average molecular weight is 474 g/mol. The van der Waals surface area contributed by atoms with Gasteiger partial charge >= 0.3 is 0 Å². The number of nitrogens with one attached hydrogen (secondary N) is 1. The van der Waals surface area contributed by atoms with Crippen molar-refractivity contribution in [2.24, 2.45) is 0 Å². The molecule has 1 fully saturated rings. The van der Waals surface area contributed by atoms with Gasteiger partial charge in [0.15, 0.2) is 5.16 Å². The highest BCUT2D eigenvalue weighted by molar-refractivity contribution is 7.99. The summed E-state index contributed by atoms with van der Waals surface area (Å²) < 4.78 is 3.59. The van der Waals surface area contributed by atoms with E-state index in [-0.39, 0.29) is 11.5 Å². The van der Waals surface area contributed by atoms with Gasteiger partial charge < -0.3 is 9.80 Å². The zero-order valence-electron chi connectivity index (χ0n) is 19.2. The summed E-state index contributed by atoms with van der Waals surface area (Å²) in [4.78, 5) is 34.9. The lowest BCUT2D eigenvalue weighted by molar-refractivity contribution is -0.897. The third kappa shape index (κ3) is 4.72. The molecule has 0 aliphatic carbocycles. The van der Waals surface area contributed by atoms with Crippen LogP contribution in [0.25, 0.3) is 20.3 Å². The maximum atomic E-state index is 13.5. The minimum absolute atomic E-state index is 0.0176. The number of hydrogen-bond donors (Lipinski definition) is 1. The van der Waals surface area contributed by atoms with Gasteiger partial charge in [0.25, 0.3) is 5.56 Å². The molecular weight excluding hydrogens is 440 g/mol. The van der Waals surface area contributed by atoms with Crippen molar-refractivity contribution < 1.29 is 9.69 Å². The highest BCUT2D eigenvalue weighted by atomic mass is 32.2. The van der Waals surface area contributed by atoms with Gasteiger partial charge in [-0.05, 0) is 46.1 Å². The number of likely N-dealkylation sites (tertiary alicyclic amines) is 1. The van der Waals surface area contributed by atoms with Crippen molar-refractivity contribution in [1.82, 2.24) is 14.5 Å². The van der Waals surface area contributed by atoms with E-state index in [1.54, 1.807) is 4.57 Å². The lowest BCUT2D eigenvalue weighted by Gasteiger charge is -2.33. The molecule has 0 radical (unpaired) electrons. The zero-order valence-corrected chi connectivity index (χ0v) is 20.9. The number of aromatic nitrogens is 2. The Morgan fingerprint density at radius 3 is 2.78 bits per heavy atom. The number of amides is 1. The Labute approximate surface area is 197 Å². The largest absolute Gasteiger partial charge is 0.339 e. The standard InChI is InChI=1S/C24H32N4O2S2/c1-4-26(5-2)14-15-28-23(30)22-21(18-11-6-7-12-19(18)32-22)25-24(28)31-16-20(29)27-13-9-8-10-17(27)3/h6-7,11-12,17H,4-5,8-10,13-16H2,1-3H3/p+1. The van der Waals surface area contributed by atoms with Gasteiger partial charge in [-0.15, -0.1) is 11.3 Å². The number of quaternary nitrogens is 1. The summed E-state index contributed by atoms with van der Waals surface area (Å²) in [6.45, 7) is 10.8. The molecule has 0 spiro atoms. The minimum atomic E-state index is 0.0176. The van der Waals surface area contributed by atoms with Crippen LogP contribution < -0.4 is 10.5 Å². The molecule has 1 aromatic carbocycles. The van der Waals surface area contributed by atoms with Crippen LogP contribution in [-0.2, 0) is 11.3 Å². The molecule has 0 saturated carbocycles. The Kier molecular flexibility index (Phi) is 7.53. The van der Waals surface area contributed by atoms with Crippen molar-refractivity contribution in [3.8, 4) is 0 Å². The third-order valence-electron chi connectivity index (χ3n) is 6.58. The molecule has 1 unspecified atom stereocenters. The predicted molar refractivity (Wildman–Crippen MR) is 134 cm³/mol. The number of carbonyl (C=O) groups excluding carboxylic acids is 1. The van der Waals surface area contributed by atoms with E-state index < -0.39 is 0 Å². The molecule has 1 atom stereocenters. The second kappa shape index (κ2) is 10.4. The van der Waals surface area contributed by atoms with Crippen LogP contribution in [0, 0.1) is 0 Å². The first kappa shape index (κ1) is 23.3. The summed E-state index contributed by atoms with van der Waals surface area (Å²) in [5.74, 6) is 0.468. The monoisotopic (exact) mass is 473 g/mol. The highest BCUT2D eigenvalue weighted by Gasteiger charge is 2.24. The lowest BCUT2D eigenvalue weighted by atomic mass is 10.0. The number of thiophene rings is 1. The highest BCUT2D eigenvalue weighted by Crippen LogP contribution is 2.32. The Balaban J connectivity index is 1.67. The molecular formula is C24H33N4O2S2+. The van der Waals surface area contributed by atoms with Gasteiger partial charge in [0.1, 0.15) is 4.70 Å². The maximum absolute atomic E-state index is 13.5. The van der Waals surface area contributed by atoms with Gasteiger partial charge in [0, 0.05) is 22.7 Å². The maximum Gasteiger partial charge on any atom is 0.272 e. The van der Waals surface area contributed by atoms with Gasteiger partial charge in [0.2, 0.25) is 5.91 Å². The molecule has 3 heterocycles. The number of carbonyl (C=O) groups is 1. The van der Waals surface area contributed by atoms with Gasteiger partial charge in [-0.1, -0.05) is 30.0 Å². The molecule has 1 aliphatic rings. The van der Waals surface area contributed by atoms with E-state index in [4.69, 9.17) is 4.98 Å². The summed E-state index contributed by atoms with van der Waals surface area (Å²) >= 11 is 2.93. The fourth-order valence-electron chi connectivity index (χ4n) is 4.51. The summed E-state index contributed by atoms with van der Waals surface area (Å²) in [5, 5.41) is 1.68. The molecule has 32 heavy (non-hydrogen) atoms. The predicted octanol–water partition coefficient (Wildman–Crippen LogP) is 3.03. The summed E-state index contributed by atoms with van der Waals surface area (Å²) in [6.07, 6.45) is 3.33. The van der Waals surface area contributed by atoms with Crippen molar-refractivity contribution in [2.75, 3.05) is 31.9 Å². The van der Waals surface area contributed by atoms with Crippen molar-refractivity contribution in [2.45, 2.75) is 57.8 Å².